The maximum Gasteiger partial charge on any atom is 0.257 e. The largest absolute Gasteiger partial charge is 0.298 e. The van der Waals surface area contributed by atoms with Crippen molar-refractivity contribution in [2.45, 2.75) is 31.6 Å². The Kier molecular flexibility index (Phi) is 8.30. The Morgan fingerprint density at radius 3 is 2.47 bits per heavy atom. The maximum atomic E-state index is 12.8. The minimum Gasteiger partial charge on any atom is -0.298 e. The molecule has 2 aromatic carbocycles. The second-order valence-corrected chi connectivity index (χ2v) is 10.6. The number of carbonyl (C=O) groups excluding carboxylic acids is 1. The van der Waals surface area contributed by atoms with E-state index in [1.165, 1.54) is 39.9 Å². The molecule has 0 spiro atoms. The van der Waals surface area contributed by atoms with Crippen molar-refractivity contribution in [2.24, 2.45) is 0 Å². The van der Waals surface area contributed by atoms with Gasteiger partial charge in [0.25, 0.3) is 5.91 Å². The van der Waals surface area contributed by atoms with E-state index in [9.17, 15) is 13.2 Å². The quantitative estimate of drug-likeness (QED) is 0.371. The number of sulfonamides is 1. The van der Waals surface area contributed by atoms with Crippen LogP contribution in [0.25, 0.3) is 11.3 Å². The molecule has 0 aliphatic heterocycles. The van der Waals surface area contributed by atoms with Crippen LogP contribution in [0.3, 0.4) is 0 Å². The molecule has 0 saturated carbocycles. The zero-order chi connectivity index (χ0) is 23.3. The van der Waals surface area contributed by atoms with E-state index < -0.39 is 10.0 Å². The first-order chi connectivity index (χ1) is 15.3. The standard InChI is InChI=1S/C22H23Cl2N3O3S2/c1-3-5-12-27(4-2)32(29,30)17-9-6-15(7-10-17)21(28)26-22-25-20(14-31-22)18-11-8-16(23)13-19(18)24/h6-11,13-14H,3-5,12H2,1-2H3,(H,25,26,28). The first kappa shape index (κ1) is 24.7. The maximum absolute atomic E-state index is 12.8. The van der Waals surface area contributed by atoms with Crippen LogP contribution in [0.2, 0.25) is 10.0 Å². The highest BCUT2D eigenvalue weighted by atomic mass is 35.5. The summed E-state index contributed by atoms with van der Waals surface area (Å²) >= 11 is 13.4. The van der Waals surface area contributed by atoms with Crippen LogP contribution < -0.4 is 5.32 Å². The van der Waals surface area contributed by atoms with Gasteiger partial charge >= 0.3 is 0 Å². The van der Waals surface area contributed by atoms with E-state index in [2.05, 4.69) is 10.3 Å². The third kappa shape index (κ3) is 5.68. The molecule has 3 rings (SSSR count). The highest BCUT2D eigenvalue weighted by Gasteiger charge is 2.23. The van der Waals surface area contributed by atoms with Gasteiger partial charge in [-0.15, -0.1) is 11.3 Å². The van der Waals surface area contributed by atoms with Crippen molar-refractivity contribution in [2.75, 3.05) is 18.4 Å². The van der Waals surface area contributed by atoms with E-state index in [1.54, 1.807) is 23.6 Å². The van der Waals surface area contributed by atoms with Crippen LogP contribution in [-0.2, 0) is 10.0 Å². The van der Waals surface area contributed by atoms with Crippen molar-refractivity contribution >= 4 is 55.6 Å². The number of halogens is 2. The number of nitrogens with zero attached hydrogens (tertiary/aromatic N) is 2. The van der Waals surface area contributed by atoms with Crippen LogP contribution in [0.15, 0.2) is 52.7 Å². The molecule has 3 aromatic rings. The molecule has 6 nitrogen and oxygen atoms in total. The number of hydrogen-bond donors (Lipinski definition) is 1. The zero-order valence-electron chi connectivity index (χ0n) is 17.6. The molecule has 1 heterocycles. The molecular formula is C22H23Cl2N3O3S2. The summed E-state index contributed by atoms with van der Waals surface area (Å²) in [5.41, 5.74) is 1.67. The number of unbranched alkanes of at least 4 members (excludes halogenated alkanes) is 1. The molecule has 0 aliphatic carbocycles. The molecule has 0 fully saturated rings. The predicted octanol–water partition coefficient (Wildman–Crippen LogP) is 6.18. The SMILES string of the molecule is CCCCN(CC)S(=O)(=O)c1ccc(C(=O)Nc2nc(-c3ccc(Cl)cc3Cl)cs2)cc1. The minimum atomic E-state index is -3.59. The summed E-state index contributed by atoms with van der Waals surface area (Å²) in [4.78, 5) is 17.2. The van der Waals surface area contributed by atoms with Crippen LogP contribution in [0.1, 0.15) is 37.0 Å². The van der Waals surface area contributed by atoms with Crippen LogP contribution >= 0.6 is 34.5 Å². The monoisotopic (exact) mass is 511 g/mol. The molecule has 1 N–H and O–H groups in total. The molecule has 0 aliphatic rings. The van der Waals surface area contributed by atoms with Gasteiger partial charge < -0.3 is 0 Å². The molecule has 32 heavy (non-hydrogen) atoms. The van der Waals surface area contributed by atoms with Crippen molar-refractivity contribution in [1.82, 2.24) is 9.29 Å². The first-order valence-corrected chi connectivity index (χ1v) is 13.2. The fourth-order valence-electron chi connectivity index (χ4n) is 3.03. The van der Waals surface area contributed by atoms with Crippen molar-refractivity contribution in [3.63, 3.8) is 0 Å². The first-order valence-electron chi connectivity index (χ1n) is 10.1. The highest BCUT2D eigenvalue weighted by molar-refractivity contribution is 7.89. The minimum absolute atomic E-state index is 0.168. The lowest BCUT2D eigenvalue weighted by atomic mass is 10.2. The normalized spacial score (nSPS) is 11.7. The molecule has 10 heteroatoms. The third-order valence-electron chi connectivity index (χ3n) is 4.80. The topological polar surface area (TPSA) is 79.4 Å². The average molecular weight is 512 g/mol. The number of benzene rings is 2. The summed E-state index contributed by atoms with van der Waals surface area (Å²) in [5.74, 6) is -0.379. The smallest absolute Gasteiger partial charge is 0.257 e. The van der Waals surface area contributed by atoms with Crippen LogP contribution in [0.5, 0.6) is 0 Å². The molecule has 0 atom stereocenters. The van der Waals surface area contributed by atoms with Gasteiger partial charge in [-0.3, -0.25) is 10.1 Å². The van der Waals surface area contributed by atoms with Crippen molar-refractivity contribution in [1.29, 1.82) is 0 Å². The van der Waals surface area contributed by atoms with Gasteiger partial charge in [0.1, 0.15) is 0 Å². The Labute approximate surface area is 202 Å². The summed E-state index contributed by atoms with van der Waals surface area (Å²) < 4.78 is 27.1. The van der Waals surface area contributed by atoms with Crippen LogP contribution in [0, 0.1) is 0 Å². The molecule has 170 valence electrons. The molecule has 1 amide bonds. The Balaban J connectivity index is 1.72. The fraction of sp³-hybridized carbons (Fsp3) is 0.273. The number of thiazole rings is 1. The fourth-order valence-corrected chi connectivity index (χ4v) is 5.73. The molecular weight excluding hydrogens is 489 g/mol. The predicted molar refractivity (Wildman–Crippen MR) is 131 cm³/mol. The van der Waals surface area contributed by atoms with E-state index in [1.807, 2.05) is 13.8 Å². The molecule has 0 bridgehead atoms. The highest BCUT2D eigenvalue weighted by Crippen LogP contribution is 2.32. The van der Waals surface area contributed by atoms with Crippen LogP contribution in [0.4, 0.5) is 5.13 Å². The second-order valence-electron chi connectivity index (χ2n) is 6.99. The summed E-state index contributed by atoms with van der Waals surface area (Å²) in [6, 6.07) is 11.0. The van der Waals surface area contributed by atoms with Gasteiger partial charge in [-0.1, -0.05) is 43.5 Å². The number of rotatable bonds is 9. The zero-order valence-corrected chi connectivity index (χ0v) is 20.8. The van der Waals surface area contributed by atoms with E-state index in [4.69, 9.17) is 23.2 Å². The number of carbonyl (C=O) groups is 1. The van der Waals surface area contributed by atoms with E-state index in [-0.39, 0.29) is 10.8 Å². The average Bonchev–Trinajstić information content (AvgIpc) is 3.22. The molecule has 1 aromatic heterocycles. The van der Waals surface area contributed by atoms with Gasteiger partial charge in [-0.2, -0.15) is 4.31 Å². The van der Waals surface area contributed by atoms with Gasteiger partial charge in [0.05, 0.1) is 15.6 Å². The summed E-state index contributed by atoms with van der Waals surface area (Å²) in [5, 5.41) is 5.93. The van der Waals surface area contributed by atoms with E-state index >= 15 is 0 Å². The van der Waals surface area contributed by atoms with Crippen molar-refractivity contribution < 1.29 is 13.2 Å². The molecule has 0 unspecified atom stereocenters. The summed E-state index contributed by atoms with van der Waals surface area (Å²) in [6.07, 6.45) is 1.71. The van der Waals surface area contributed by atoms with Gasteiger partial charge in [0.15, 0.2) is 5.13 Å². The lowest BCUT2D eigenvalue weighted by Gasteiger charge is -2.20. The Bertz CT molecular complexity index is 1200. The lowest BCUT2D eigenvalue weighted by molar-refractivity contribution is 0.102. The second kappa shape index (κ2) is 10.8. The van der Waals surface area contributed by atoms with E-state index in [0.29, 0.717) is 45.1 Å². The number of amides is 1. The van der Waals surface area contributed by atoms with Gasteiger partial charge in [-0.05, 0) is 48.9 Å². The third-order valence-corrected chi connectivity index (χ3v) is 8.09. The van der Waals surface area contributed by atoms with E-state index in [0.717, 1.165) is 12.8 Å². The Morgan fingerprint density at radius 2 is 1.84 bits per heavy atom. The van der Waals surface area contributed by atoms with Gasteiger partial charge in [-0.25, -0.2) is 13.4 Å². The Hall–Kier alpha value is -1.97. The van der Waals surface area contributed by atoms with Crippen molar-refractivity contribution in [3.05, 3.63) is 63.5 Å². The summed E-state index contributed by atoms with van der Waals surface area (Å²) in [6.45, 7) is 4.70. The molecule has 0 radical (unpaired) electrons. The van der Waals surface area contributed by atoms with Gasteiger partial charge in [0.2, 0.25) is 10.0 Å². The lowest BCUT2D eigenvalue weighted by Crippen LogP contribution is -2.31. The van der Waals surface area contributed by atoms with Gasteiger partial charge in [0, 0.05) is 34.6 Å². The molecule has 0 saturated heterocycles. The number of nitrogens with one attached hydrogen (secondary N) is 1. The number of hydrogen-bond acceptors (Lipinski definition) is 5. The Morgan fingerprint density at radius 1 is 1.12 bits per heavy atom. The van der Waals surface area contributed by atoms with Crippen LogP contribution in [-0.4, -0.2) is 36.7 Å². The van der Waals surface area contributed by atoms with Crippen molar-refractivity contribution in [3.8, 4) is 11.3 Å². The number of anilines is 1. The number of aromatic nitrogens is 1. The summed E-state index contributed by atoms with van der Waals surface area (Å²) in [7, 11) is -3.59.